The molecule has 0 aliphatic carbocycles. The second-order valence-electron chi connectivity index (χ2n) is 5.11. The van der Waals surface area contributed by atoms with Gasteiger partial charge < -0.3 is 4.74 Å². The summed E-state index contributed by atoms with van der Waals surface area (Å²) in [5.74, 6) is 0.0316. The van der Waals surface area contributed by atoms with Crippen LogP contribution in [0.1, 0.15) is 36.0 Å². The van der Waals surface area contributed by atoms with Gasteiger partial charge in [-0.25, -0.2) is 0 Å². The Balaban J connectivity index is 1.87. The van der Waals surface area contributed by atoms with Crippen LogP contribution < -0.4 is 0 Å². The fourth-order valence-electron chi connectivity index (χ4n) is 2.30. The van der Waals surface area contributed by atoms with Gasteiger partial charge in [-0.15, -0.1) is 0 Å². The van der Waals surface area contributed by atoms with E-state index in [1.54, 1.807) is 0 Å². The summed E-state index contributed by atoms with van der Waals surface area (Å²) in [5, 5.41) is 0. The van der Waals surface area contributed by atoms with Gasteiger partial charge in [0, 0.05) is 0 Å². The largest absolute Gasteiger partial charge is 0.461 e. The van der Waals surface area contributed by atoms with Crippen molar-refractivity contribution in [3.8, 4) is 0 Å². The first kappa shape index (κ1) is 14.3. The molecule has 0 bridgehead atoms. The summed E-state index contributed by atoms with van der Waals surface area (Å²) in [6.07, 6.45) is 0.414. The highest BCUT2D eigenvalue weighted by atomic mass is 16.5. The Bertz CT molecular complexity index is 561. The number of ether oxygens (including phenoxy) is 1. The highest BCUT2D eigenvalue weighted by Gasteiger charge is 2.13. The maximum atomic E-state index is 11.9. The van der Waals surface area contributed by atoms with Crippen molar-refractivity contribution in [1.82, 2.24) is 0 Å². The lowest BCUT2D eigenvalue weighted by Gasteiger charge is -2.14. The molecule has 0 radical (unpaired) electrons. The van der Waals surface area contributed by atoms with Crippen LogP contribution in [0.5, 0.6) is 0 Å². The summed E-state index contributed by atoms with van der Waals surface area (Å²) in [5.41, 5.74) is 3.45. The van der Waals surface area contributed by atoms with Crippen LogP contribution in [0.25, 0.3) is 0 Å². The number of carbonyl (C=O) groups excluding carboxylic acids is 1. The average Bonchev–Trinajstić information content (AvgIpc) is 2.46. The molecule has 0 saturated heterocycles. The monoisotopic (exact) mass is 268 g/mol. The quantitative estimate of drug-likeness (QED) is 0.758. The maximum absolute atomic E-state index is 11.9. The van der Waals surface area contributed by atoms with E-state index in [2.05, 4.69) is 26.0 Å². The molecular formula is C18H20O2. The van der Waals surface area contributed by atoms with E-state index in [1.165, 1.54) is 11.1 Å². The molecule has 0 amide bonds. The van der Waals surface area contributed by atoms with Crippen molar-refractivity contribution in [2.75, 3.05) is 0 Å². The molecule has 104 valence electrons. The van der Waals surface area contributed by atoms with Crippen LogP contribution in [-0.2, 0) is 16.1 Å². The zero-order chi connectivity index (χ0) is 14.4. The molecule has 0 aliphatic heterocycles. The number of rotatable bonds is 5. The van der Waals surface area contributed by atoms with Crippen molar-refractivity contribution in [1.29, 1.82) is 0 Å². The Labute approximate surface area is 120 Å². The van der Waals surface area contributed by atoms with Gasteiger partial charge in [-0.3, -0.25) is 4.79 Å². The van der Waals surface area contributed by atoms with Gasteiger partial charge in [0.25, 0.3) is 0 Å². The number of hydrogen-bond donors (Lipinski definition) is 0. The molecule has 0 heterocycles. The van der Waals surface area contributed by atoms with Gasteiger partial charge in [0.05, 0.1) is 6.42 Å². The molecule has 0 aliphatic rings. The summed E-state index contributed by atoms with van der Waals surface area (Å²) < 4.78 is 5.32. The molecule has 0 fully saturated rings. The van der Waals surface area contributed by atoms with E-state index >= 15 is 0 Å². The first-order valence-corrected chi connectivity index (χ1v) is 6.92. The van der Waals surface area contributed by atoms with Crippen LogP contribution in [-0.4, -0.2) is 5.97 Å². The Hall–Kier alpha value is -2.09. The Morgan fingerprint density at radius 1 is 1.05 bits per heavy atom. The van der Waals surface area contributed by atoms with E-state index in [4.69, 9.17) is 4.74 Å². The van der Waals surface area contributed by atoms with Crippen LogP contribution >= 0.6 is 0 Å². The normalized spacial score (nSPS) is 11.9. The molecule has 2 nitrogen and oxygen atoms in total. The number of carbonyl (C=O) groups is 1. The van der Waals surface area contributed by atoms with Crippen molar-refractivity contribution >= 4 is 5.97 Å². The Kier molecular flexibility index (Phi) is 4.94. The third-order valence-corrected chi connectivity index (χ3v) is 3.43. The lowest BCUT2D eigenvalue weighted by atomic mass is 9.94. The van der Waals surface area contributed by atoms with Gasteiger partial charge in [0.2, 0.25) is 0 Å². The SMILES string of the molecule is Cc1ccccc1[C@@H](C)CC(=O)OCc1ccccc1. The average molecular weight is 268 g/mol. The molecule has 1 atom stereocenters. The fraction of sp³-hybridized carbons (Fsp3) is 0.278. The van der Waals surface area contributed by atoms with Crippen molar-refractivity contribution < 1.29 is 9.53 Å². The number of hydrogen-bond acceptors (Lipinski definition) is 2. The first-order chi connectivity index (χ1) is 9.66. The third kappa shape index (κ3) is 3.95. The van der Waals surface area contributed by atoms with E-state index in [1.807, 2.05) is 42.5 Å². The molecule has 0 unspecified atom stereocenters. The summed E-state index contributed by atoms with van der Waals surface area (Å²) in [7, 11) is 0. The Morgan fingerprint density at radius 3 is 2.40 bits per heavy atom. The van der Waals surface area contributed by atoms with E-state index < -0.39 is 0 Å². The molecule has 2 aromatic rings. The standard InChI is InChI=1S/C18H20O2/c1-14-8-6-7-11-17(14)15(2)12-18(19)20-13-16-9-4-3-5-10-16/h3-11,15H,12-13H2,1-2H3/t15-/m0/s1. The summed E-state index contributed by atoms with van der Waals surface area (Å²) in [4.78, 5) is 11.9. The zero-order valence-electron chi connectivity index (χ0n) is 12.0. The molecule has 0 aromatic heterocycles. The van der Waals surface area contributed by atoms with E-state index in [-0.39, 0.29) is 11.9 Å². The van der Waals surface area contributed by atoms with E-state index in [9.17, 15) is 4.79 Å². The van der Waals surface area contributed by atoms with Crippen molar-refractivity contribution in [2.45, 2.75) is 32.8 Å². The molecule has 2 aromatic carbocycles. The molecular weight excluding hydrogens is 248 g/mol. The minimum Gasteiger partial charge on any atom is -0.461 e. The van der Waals surface area contributed by atoms with Crippen LogP contribution in [0.15, 0.2) is 54.6 Å². The molecule has 20 heavy (non-hydrogen) atoms. The summed E-state index contributed by atoms with van der Waals surface area (Å²) in [6, 6.07) is 17.9. The van der Waals surface area contributed by atoms with Crippen LogP contribution in [0.3, 0.4) is 0 Å². The second kappa shape index (κ2) is 6.90. The van der Waals surface area contributed by atoms with Gasteiger partial charge in [-0.1, -0.05) is 61.5 Å². The number of esters is 1. The van der Waals surface area contributed by atoms with Crippen molar-refractivity contribution in [3.63, 3.8) is 0 Å². The lowest BCUT2D eigenvalue weighted by Crippen LogP contribution is -2.09. The predicted molar refractivity (Wildman–Crippen MR) is 80.4 cm³/mol. The lowest BCUT2D eigenvalue weighted by molar-refractivity contribution is -0.145. The van der Waals surface area contributed by atoms with Gasteiger partial charge in [-0.05, 0) is 29.5 Å². The number of benzene rings is 2. The molecule has 2 heteroatoms. The molecule has 2 rings (SSSR count). The second-order valence-corrected chi connectivity index (χ2v) is 5.11. The topological polar surface area (TPSA) is 26.3 Å². The van der Waals surface area contributed by atoms with E-state index in [0.29, 0.717) is 13.0 Å². The zero-order valence-corrected chi connectivity index (χ0v) is 12.0. The summed E-state index contributed by atoms with van der Waals surface area (Å²) >= 11 is 0. The Morgan fingerprint density at radius 2 is 1.70 bits per heavy atom. The third-order valence-electron chi connectivity index (χ3n) is 3.43. The minimum absolute atomic E-state index is 0.149. The maximum Gasteiger partial charge on any atom is 0.306 e. The van der Waals surface area contributed by atoms with E-state index in [0.717, 1.165) is 5.56 Å². The highest BCUT2D eigenvalue weighted by Crippen LogP contribution is 2.22. The minimum atomic E-state index is -0.149. The van der Waals surface area contributed by atoms with Gasteiger partial charge >= 0.3 is 5.97 Å². The van der Waals surface area contributed by atoms with Crippen molar-refractivity contribution in [3.05, 3.63) is 71.3 Å². The van der Waals surface area contributed by atoms with Gasteiger partial charge in [0.1, 0.15) is 6.61 Å². The smallest absolute Gasteiger partial charge is 0.306 e. The predicted octanol–water partition coefficient (Wildman–Crippen LogP) is 4.23. The first-order valence-electron chi connectivity index (χ1n) is 6.92. The van der Waals surface area contributed by atoms with Crippen LogP contribution in [0.2, 0.25) is 0 Å². The van der Waals surface area contributed by atoms with Crippen LogP contribution in [0, 0.1) is 6.92 Å². The number of aryl methyl sites for hydroxylation is 1. The van der Waals surface area contributed by atoms with Gasteiger partial charge in [-0.2, -0.15) is 0 Å². The van der Waals surface area contributed by atoms with Gasteiger partial charge in [0.15, 0.2) is 0 Å². The molecule has 0 N–H and O–H groups in total. The summed E-state index contributed by atoms with van der Waals surface area (Å²) in [6.45, 7) is 4.48. The molecule has 0 saturated carbocycles. The van der Waals surface area contributed by atoms with Crippen LogP contribution in [0.4, 0.5) is 0 Å². The fourth-order valence-corrected chi connectivity index (χ4v) is 2.30. The molecule has 0 spiro atoms. The highest BCUT2D eigenvalue weighted by molar-refractivity contribution is 5.70. The van der Waals surface area contributed by atoms with Crippen molar-refractivity contribution in [2.24, 2.45) is 0 Å².